The van der Waals surface area contributed by atoms with Crippen LogP contribution in [0.25, 0.3) is 0 Å². The topological polar surface area (TPSA) is 40.5 Å². The maximum atomic E-state index is 8.30. The van der Waals surface area contributed by atoms with Gasteiger partial charge in [-0.3, -0.25) is 0 Å². The molecule has 0 aromatic heterocycles. The van der Waals surface area contributed by atoms with Crippen molar-refractivity contribution in [3.8, 4) is 0 Å². The van der Waals surface area contributed by atoms with Gasteiger partial charge in [0.05, 0.1) is 0 Å². The first-order valence-corrected chi connectivity index (χ1v) is 3.85. The summed E-state index contributed by atoms with van der Waals surface area (Å²) in [4.78, 5) is 0. The second kappa shape index (κ2) is 4.49. The minimum absolute atomic E-state index is 0.178. The third kappa shape index (κ3) is 6.62. The quantitative estimate of drug-likeness (QED) is 0.405. The van der Waals surface area contributed by atoms with E-state index < -0.39 is 6.29 Å². The van der Waals surface area contributed by atoms with Crippen molar-refractivity contribution in [1.82, 2.24) is 0 Å². The van der Waals surface area contributed by atoms with E-state index in [9.17, 15) is 0 Å². The van der Waals surface area contributed by atoms with Gasteiger partial charge in [0, 0.05) is 10.3 Å². The van der Waals surface area contributed by atoms with E-state index in [1.54, 1.807) is 0 Å². The van der Waals surface area contributed by atoms with Gasteiger partial charge in [0.1, 0.15) is 0 Å². The molecule has 0 saturated carbocycles. The molecule has 50 valence electrons. The monoisotopic (exact) mass is 154 g/mol. The molecule has 0 rings (SSSR count). The van der Waals surface area contributed by atoms with Gasteiger partial charge in [-0.05, 0) is 6.92 Å². The van der Waals surface area contributed by atoms with Crippen molar-refractivity contribution in [2.24, 2.45) is 0 Å². The number of hydrogen-bond acceptors (Lipinski definition) is 4. The smallest absolute Gasteiger partial charge is 0.160 e. The molecule has 0 radical (unpaired) electrons. The highest BCUT2D eigenvalue weighted by molar-refractivity contribution is 8.10. The van der Waals surface area contributed by atoms with Crippen LogP contribution >= 0.6 is 24.4 Å². The van der Waals surface area contributed by atoms with E-state index in [0.717, 1.165) is 0 Å². The summed E-state index contributed by atoms with van der Waals surface area (Å²) in [5.41, 5.74) is 0. The minimum Gasteiger partial charge on any atom is -0.367 e. The molecule has 0 amide bonds. The van der Waals surface area contributed by atoms with Gasteiger partial charge in [-0.25, -0.2) is 0 Å². The average molecular weight is 154 g/mol. The van der Waals surface area contributed by atoms with Crippen molar-refractivity contribution < 1.29 is 10.2 Å². The first-order chi connectivity index (χ1) is 3.63. The summed E-state index contributed by atoms with van der Waals surface area (Å²) in [6.07, 6.45) is -1.20. The molecular weight excluding hydrogens is 144 g/mol. The maximum Gasteiger partial charge on any atom is 0.160 e. The van der Waals surface area contributed by atoms with E-state index in [2.05, 4.69) is 12.6 Å². The lowest BCUT2D eigenvalue weighted by atomic mass is 10.8. The summed E-state index contributed by atoms with van der Waals surface area (Å²) >= 11 is 5.42. The zero-order chi connectivity index (χ0) is 6.57. The van der Waals surface area contributed by atoms with Crippen LogP contribution in [0, 0.1) is 0 Å². The van der Waals surface area contributed by atoms with E-state index in [-0.39, 0.29) is 4.58 Å². The fourth-order valence-corrected chi connectivity index (χ4v) is 0.934. The van der Waals surface area contributed by atoms with Crippen LogP contribution in [-0.2, 0) is 0 Å². The van der Waals surface area contributed by atoms with E-state index >= 15 is 0 Å². The van der Waals surface area contributed by atoms with Crippen LogP contribution in [0.2, 0.25) is 0 Å². The van der Waals surface area contributed by atoms with Gasteiger partial charge in [0.2, 0.25) is 0 Å². The van der Waals surface area contributed by atoms with Gasteiger partial charge >= 0.3 is 0 Å². The lowest BCUT2D eigenvalue weighted by Crippen LogP contribution is -2.08. The molecule has 0 aliphatic heterocycles. The van der Waals surface area contributed by atoms with Gasteiger partial charge in [-0.2, -0.15) is 12.6 Å². The van der Waals surface area contributed by atoms with Crippen molar-refractivity contribution in [3.05, 3.63) is 0 Å². The molecule has 1 atom stereocenters. The first-order valence-electron chi connectivity index (χ1n) is 2.28. The van der Waals surface area contributed by atoms with Gasteiger partial charge in [0.25, 0.3) is 0 Å². The average Bonchev–Trinajstić information content (AvgIpc) is 1.61. The molecular formula is C4H10O2S2. The lowest BCUT2D eigenvalue weighted by molar-refractivity contribution is -0.0186. The third-order valence-electron chi connectivity index (χ3n) is 0.486. The van der Waals surface area contributed by atoms with Crippen LogP contribution < -0.4 is 0 Å². The Morgan fingerprint density at radius 2 is 2.12 bits per heavy atom. The standard InChI is InChI=1S/C4H10O2S2/c1-3(7)8-2-4(5)6/h3-7H,2H2,1H3. The van der Waals surface area contributed by atoms with E-state index in [0.29, 0.717) is 5.75 Å². The fraction of sp³-hybridized carbons (Fsp3) is 1.00. The number of aliphatic hydroxyl groups excluding tert-OH is 1. The van der Waals surface area contributed by atoms with Gasteiger partial charge in [0.15, 0.2) is 6.29 Å². The molecule has 0 fully saturated rings. The highest BCUT2D eigenvalue weighted by atomic mass is 32.2. The van der Waals surface area contributed by atoms with E-state index in [4.69, 9.17) is 10.2 Å². The normalized spacial score (nSPS) is 14.6. The molecule has 0 aliphatic carbocycles. The van der Waals surface area contributed by atoms with Crippen LogP contribution in [0.4, 0.5) is 0 Å². The van der Waals surface area contributed by atoms with Gasteiger partial charge in [-0.15, -0.1) is 11.8 Å². The second-order valence-corrected chi connectivity index (χ2v) is 3.91. The molecule has 4 heteroatoms. The Balaban J connectivity index is 2.93. The lowest BCUT2D eigenvalue weighted by Gasteiger charge is -2.03. The number of rotatable bonds is 3. The molecule has 2 nitrogen and oxygen atoms in total. The SMILES string of the molecule is CC(S)SCC(O)O. The van der Waals surface area contributed by atoms with E-state index in [1.165, 1.54) is 11.8 Å². The molecule has 0 spiro atoms. The highest BCUT2D eigenvalue weighted by Gasteiger charge is 1.99. The zero-order valence-corrected chi connectivity index (χ0v) is 6.32. The fourth-order valence-electron chi connectivity index (χ4n) is 0.225. The Morgan fingerprint density at radius 1 is 1.62 bits per heavy atom. The Hall–Kier alpha value is 0.620. The van der Waals surface area contributed by atoms with Crippen molar-refractivity contribution in [2.45, 2.75) is 17.8 Å². The third-order valence-corrected chi connectivity index (χ3v) is 1.91. The summed E-state index contributed by atoms with van der Waals surface area (Å²) in [5, 5.41) is 16.6. The van der Waals surface area contributed by atoms with Crippen LogP contribution in [0.15, 0.2) is 0 Å². The Morgan fingerprint density at radius 3 is 2.25 bits per heavy atom. The van der Waals surface area contributed by atoms with Crippen molar-refractivity contribution >= 4 is 24.4 Å². The highest BCUT2D eigenvalue weighted by Crippen LogP contribution is 2.13. The van der Waals surface area contributed by atoms with Crippen molar-refractivity contribution in [1.29, 1.82) is 0 Å². The maximum absolute atomic E-state index is 8.30. The molecule has 0 bridgehead atoms. The van der Waals surface area contributed by atoms with Crippen LogP contribution in [0.5, 0.6) is 0 Å². The predicted molar refractivity (Wildman–Crippen MR) is 39.1 cm³/mol. The molecule has 0 aromatic carbocycles. The predicted octanol–water partition coefficient (Wildman–Crippen LogP) is 0.306. The molecule has 0 heterocycles. The Labute approximate surface area is 58.7 Å². The van der Waals surface area contributed by atoms with Crippen molar-refractivity contribution in [3.63, 3.8) is 0 Å². The van der Waals surface area contributed by atoms with Crippen LogP contribution in [0.1, 0.15) is 6.92 Å². The van der Waals surface area contributed by atoms with Crippen molar-refractivity contribution in [2.75, 3.05) is 5.75 Å². The molecule has 1 unspecified atom stereocenters. The Bertz CT molecular complexity index is 48.0. The molecule has 0 aromatic rings. The summed E-state index contributed by atoms with van der Waals surface area (Å²) in [7, 11) is 0. The number of aliphatic hydroxyl groups is 2. The first kappa shape index (κ1) is 8.62. The van der Waals surface area contributed by atoms with Gasteiger partial charge in [-0.1, -0.05) is 0 Å². The summed E-state index contributed by atoms with van der Waals surface area (Å²) < 4.78 is 0.178. The molecule has 0 aliphatic rings. The molecule has 0 saturated heterocycles. The van der Waals surface area contributed by atoms with Crippen LogP contribution in [0.3, 0.4) is 0 Å². The number of thioether (sulfide) groups is 1. The summed E-state index contributed by atoms with van der Waals surface area (Å²) in [6.45, 7) is 1.89. The molecule has 2 N–H and O–H groups in total. The Kier molecular flexibility index (Phi) is 4.84. The zero-order valence-electron chi connectivity index (χ0n) is 4.61. The van der Waals surface area contributed by atoms with Gasteiger partial charge < -0.3 is 10.2 Å². The number of thiol groups is 1. The summed E-state index contributed by atoms with van der Waals surface area (Å²) in [5.74, 6) is 0.338. The van der Waals surface area contributed by atoms with Crippen LogP contribution in [-0.4, -0.2) is 26.8 Å². The number of hydrogen-bond donors (Lipinski definition) is 3. The minimum atomic E-state index is -1.20. The van der Waals surface area contributed by atoms with E-state index in [1.807, 2.05) is 6.92 Å². The summed E-state index contributed by atoms with van der Waals surface area (Å²) in [6, 6.07) is 0. The molecule has 8 heavy (non-hydrogen) atoms. The second-order valence-electron chi connectivity index (χ2n) is 1.41. The largest absolute Gasteiger partial charge is 0.367 e.